The Hall–Kier alpha value is -2.42. The summed E-state index contributed by atoms with van der Waals surface area (Å²) in [4.78, 5) is 18.6. The number of pyridine rings is 1. The zero-order valence-corrected chi connectivity index (χ0v) is 19.0. The number of aryl methyl sites for hydroxylation is 1. The third kappa shape index (κ3) is 6.31. The van der Waals surface area contributed by atoms with E-state index in [1.165, 1.54) is 17.8 Å². The molecule has 5 nitrogen and oxygen atoms in total. The van der Waals surface area contributed by atoms with Crippen molar-refractivity contribution < 1.29 is 27.4 Å². The van der Waals surface area contributed by atoms with Crippen LogP contribution in [0.25, 0.3) is 0 Å². The first-order valence-electron chi connectivity index (χ1n) is 10.5. The molecule has 0 saturated carbocycles. The van der Waals surface area contributed by atoms with Gasteiger partial charge in [0.05, 0.1) is 30.6 Å². The standard InChI is InChI=1S/C23H27F3N2O3S/c1-30-19-10-7-16(13-20(19)31-2)6-9-18-5-3-4-12-28(18)22(29)15-32-21-11-8-17(14-27-21)23(24,25)26/h7-8,10-11,13-14,18H,3-6,9,12,15H2,1-2H3. The first kappa shape index (κ1) is 24.2. The van der Waals surface area contributed by atoms with Gasteiger partial charge in [-0.3, -0.25) is 4.79 Å². The molecule has 1 unspecified atom stereocenters. The van der Waals surface area contributed by atoms with Gasteiger partial charge in [-0.1, -0.05) is 17.8 Å². The number of hydrogen-bond donors (Lipinski definition) is 0. The fourth-order valence-corrected chi connectivity index (χ4v) is 4.58. The molecule has 2 aromatic rings. The van der Waals surface area contributed by atoms with Gasteiger partial charge in [0.2, 0.25) is 5.91 Å². The van der Waals surface area contributed by atoms with E-state index >= 15 is 0 Å². The van der Waals surface area contributed by atoms with Crippen molar-refractivity contribution >= 4 is 17.7 Å². The molecule has 3 rings (SSSR count). The normalized spacial score (nSPS) is 16.7. The van der Waals surface area contributed by atoms with Crippen LogP contribution in [0.5, 0.6) is 11.5 Å². The van der Waals surface area contributed by atoms with Crippen molar-refractivity contribution in [1.29, 1.82) is 0 Å². The predicted molar refractivity (Wildman–Crippen MR) is 117 cm³/mol. The van der Waals surface area contributed by atoms with E-state index in [9.17, 15) is 18.0 Å². The van der Waals surface area contributed by atoms with Crippen LogP contribution in [0.15, 0.2) is 41.6 Å². The molecule has 1 saturated heterocycles. The molecule has 2 heterocycles. The molecule has 1 aliphatic rings. The summed E-state index contributed by atoms with van der Waals surface area (Å²) in [5, 5.41) is 0.408. The van der Waals surface area contributed by atoms with Gasteiger partial charge in [0.1, 0.15) is 0 Å². The fraction of sp³-hybridized carbons (Fsp3) is 0.478. The molecule has 0 radical (unpaired) electrons. The smallest absolute Gasteiger partial charge is 0.417 e. The van der Waals surface area contributed by atoms with Crippen molar-refractivity contribution in [2.75, 3.05) is 26.5 Å². The topological polar surface area (TPSA) is 51.7 Å². The zero-order valence-electron chi connectivity index (χ0n) is 18.2. The Balaban J connectivity index is 1.56. The monoisotopic (exact) mass is 468 g/mol. The highest BCUT2D eigenvalue weighted by molar-refractivity contribution is 7.99. The van der Waals surface area contributed by atoms with Crippen LogP contribution in [0.3, 0.4) is 0 Å². The van der Waals surface area contributed by atoms with Crippen molar-refractivity contribution in [1.82, 2.24) is 9.88 Å². The molecule has 1 aliphatic heterocycles. The number of benzene rings is 1. The number of hydrogen-bond acceptors (Lipinski definition) is 5. The lowest BCUT2D eigenvalue weighted by molar-refractivity contribution is -0.138. The number of alkyl halides is 3. The Morgan fingerprint density at radius 2 is 1.94 bits per heavy atom. The number of ether oxygens (including phenoxy) is 2. The number of aromatic nitrogens is 1. The van der Waals surface area contributed by atoms with E-state index in [1.807, 2.05) is 23.1 Å². The number of rotatable bonds is 8. The lowest BCUT2D eigenvalue weighted by Crippen LogP contribution is -2.44. The summed E-state index contributed by atoms with van der Waals surface area (Å²) >= 11 is 1.17. The summed E-state index contributed by atoms with van der Waals surface area (Å²) in [6, 6.07) is 8.29. The Bertz CT molecular complexity index is 906. The molecule has 1 aromatic heterocycles. The Morgan fingerprint density at radius 3 is 2.59 bits per heavy atom. The summed E-state index contributed by atoms with van der Waals surface area (Å²) < 4.78 is 48.7. The molecule has 1 aromatic carbocycles. The van der Waals surface area contributed by atoms with Gasteiger partial charge in [0.15, 0.2) is 11.5 Å². The van der Waals surface area contributed by atoms with Crippen LogP contribution in [0.2, 0.25) is 0 Å². The van der Waals surface area contributed by atoms with Gasteiger partial charge < -0.3 is 14.4 Å². The number of halogens is 3. The Labute approximate surface area is 190 Å². The third-order valence-corrected chi connectivity index (χ3v) is 6.50. The van der Waals surface area contributed by atoms with Crippen molar-refractivity contribution in [3.8, 4) is 11.5 Å². The Kier molecular flexibility index (Phi) is 8.28. The van der Waals surface area contributed by atoms with Crippen molar-refractivity contribution in [2.45, 2.75) is 49.3 Å². The van der Waals surface area contributed by atoms with Gasteiger partial charge in [-0.25, -0.2) is 4.98 Å². The van der Waals surface area contributed by atoms with Crippen LogP contribution < -0.4 is 9.47 Å². The molecule has 1 amide bonds. The number of amides is 1. The fourth-order valence-electron chi connectivity index (χ4n) is 3.85. The quantitative estimate of drug-likeness (QED) is 0.497. The molecule has 1 fully saturated rings. The van der Waals surface area contributed by atoms with E-state index in [2.05, 4.69) is 4.98 Å². The van der Waals surface area contributed by atoms with E-state index in [4.69, 9.17) is 9.47 Å². The number of piperidine rings is 1. The number of carbonyl (C=O) groups excluding carboxylic acids is 1. The SMILES string of the molecule is COc1ccc(CCC2CCCCN2C(=O)CSc2ccc(C(F)(F)F)cn2)cc1OC. The maximum Gasteiger partial charge on any atom is 0.417 e. The lowest BCUT2D eigenvalue weighted by Gasteiger charge is -2.36. The van der Waals surface area contributed by atoms with Crippen molar-refractivity contribution in [2.24, 2.45) is 0 Å². The molecule has 0 bridgehead atoms. The molecule has 1 atom stereocenters. The van der Waals surface area contributed by atoms with Crippen LogP contribution in [-0.2, 0) is 17.4 Å². The van der Waals surface area contributed by atoms with Crippen LogP contribution in [0, 0.1) is 0 Å². The van der Waals surface area contributed by atoms with E-state index < -0.39 is 11.7 Å². The van der Waals surface area contributed by atoms with E-state index in [-0.39, 0.29) is 17.7 Å². The van der Waals surface area contributed by atoms with Gasteiger partial charge in [-0.05, 0) is 61.9 Å². The highest BCUT2D eigenvalue weighted by atomic mass is 32.2. The van der Waals surface area contributed by atoms with E-state index in [0.717, 1.165) is 49.9 Å². The number of thioether (sulfide) groups is 1. The highest BCUT2D eigenvalue weighted by Gasteiger charge is 2.31. The largest absolute Gasteiger partial charge is 0.493 e. The van der Waals surface area contributed by atoms with E-state index in [0.29, 0.717) is 23.1 Å². The second kappa shape index (κ2) is 10.9. The second-order valence-electron chi connectivity index (χ2n) is 7.64. The summed E-state index contributed by atoms with van der Waals surface area (Å²) in [6.07, 6.45) is 1.02. The molecule has 174 valence electrons. The van der Waals surface area contributed by atoms with Gasteiger partial charge in [-0.2, -0.15) is 13.2 Å². The maximum absolute atomic E-state index is 12.9. The van der Waals surface area contributed by atoms with Crippen molar-refractivity contribution in [3.05, 3.63) is 47.7 Å². The van der Waals surface area contributed by atoms with E-state index in [1.54, 1.807) is 14.2 Å². The summed E-state index contributed by atoms with van der Waals surface area (Å²) in [5.74, 6) is 1.51. The van der Waals surface area contributed by atoms with Crippen molar-refractivity contribution in [3.63, 3.8) is 0 Å². The predicted octanol–water partition coefficient (Wildman–Crippen LogP) is 5.22. The molecule has 0 spiro atoms. The number of carbonyl (C=O) groups is 1. The van der Waals surface area contributed by atoms with Gasteiger partial charge in [0.25, 0.3) is 0 Å². The summed E-state index contributed by atoms with van der Waals surface area (Å²) in [7, 11) is 3.20. The Morgan fingerprint density at radius 1 is 1.16 bits per heavy atom. The minimum absolute atomic E-state index is 0.00582. The molecular weight excluding hydrogens is 441 g/mol. The van der Waals surface area contributed by atoms with Gasteiger partial charge in [0, 0.05) is 18.8 Å². The molecule has 0 N–H and O–H groups in total. The molecule has 0 aliphatic carbocycles. The first-order chi connectivity index (χ1) is 15.3. The minimum Gasteiger partial charge on any atom is -0.493 e. The molecule has 9 heteroatoms. The third-order valence-electron chi connectivity index (χ3n) is 5.57. The maximum atomic E-state index is 12.9. The minimum atomic E-state index is -4.42. The first-order valence-corrected chi connectivity index (χ1v) is 11.5. The average molecular weight is 469 g/mol. The average Bonchev–Trinajstić information content (AvgIpc) is 2.80. The molecular formula is C23H27F3N2O3S. The molecule has 32 heavy (non-hydrogen) atoms. The summed E-state index contributed by atoms with van der Waals surface area (Å²) in [5.41, 5.74) is 0.323. The van der Waals surface area contributed by atoms with Crippen LogP contribution in [-0.4, -0.2) is 48.4 Å². The van der Waals surface area contributed by atoms with Gasteiger partial charge in [-0.15, -0.1) is 0 Å². The van der Waals surface area contributed by atoms with Crippen LogP contribution >= 0.6 is 11.8 Å². The van der Waals surface area contributed by atoms with Crippen LogP contribution in [0.4, 0.5) is 13.2 Å². The van der Waals surface area contributed by atoms with Gasteiger partial charge >= 0.3 is 6.18 Å². The zero-order chi connectivity index (χ0) is 23.1. The highest BCUT2D eigenvalue weighted by Crippen LogP contribution is 2.31. The second-order valence-corrected chi connectivity index (χ2v) is 8.63. The number of nitrogens with zero attached hydrogens (tertiary/aromatic N) is 2. The van der Waals surface area contributed by atoms with Crippen LogP contribution in [0.1, 0.15) is 36.8 Å². The lowest BCUT2D eigenvalue weighted by atomic mass is 9.95. The number of likely N-dealkylation sites (tertiary alicyclic amines) is 1. The number of methoxy groups -OCH3 is 2. The summed E-state index contributed by atoms with van der Waals surface area (Å²) in [6.45, 7) is 0.705.